The average molecular weight is 409 g/mol. The second-order valence-electron chi connectivity index (χ2n) is 3.41. The van der Waals surface area contributed by atoms with Gasteiger partial charge in [0.25, 0.3) is 0 Å². The van der Waals surface area contributed by atoms with E-state index in [-0.39, 0.29) is 40.1 Å². The molecule has 0 aliphatic carbocycles. The van der Waals surface area contributed by atoms with Crippen molar-refractivity contribution >= 4 is 39.2 Å². The molecular formula is C10H18O4Pb. The van der Waals surface area contributed by atoms with Gasteiger partial charge in [0.05, 0.1) is 0 Å². The molecule has 0 atom stereocenters. The monoisotopic (exact) mass is 410 g/mol. The van der Waals surface area contributed by atoms with Crippen LogP contribution in [-0.4, -0.2) is 49.5 Å². The van der Waals surface area contributed by atoms with Crippen LogP contribution in [0.4, 0.5) is 0 Å². The molecule has 2 N–H and O–H groups in total. The fourth-order valence-corrected chi connectivity index (χ4v) is 1.26. The van der Waals surface area contributed by atoms with E-state index < -0.39 is 11.9 Å². The van der Waals surface area contributed by atoms with Gasteiger partial charge in [-0.05, 0) is 12.8 Å². The van der Waals surface area contributed by atoms with Crippen molar-refractivity contribution in [1.29, 1.82) is 0 Å². The van der Waals surface area contributed by atoms with Crippen molar-refractivity contribution in [2.75, 3.05) is 0 Å². The summed E-state index contributed by atoms with van der Waals surface area (Å²) in [5.41, 5.74) is 0. The Balaban J connectivity index is 0. The number of aliphatic carboxylic acids is 2. The molecule has 0 aliphatic rings. The minimum Gasteiger partial charge on any atom is -0.481 e. The molecule has 15 heavy (non-hydrogen) atoms. The van der Waals surface area contributed by atoms with Crippen LogP contribution in [0.2, 0.25) is 0 Å². The molecule has 5 heteroatoms. The van der Waals surface area contributed by atoms with Gasteiger partial charge in [-0.1, -0.05) is 25.7 Å². The summed E-state index contributed by atoms with van der Waals surface area (Å²) in [6.45, 7) is 0. The first kappa shape index (κ1) is 17.3. The Hall–Kier alpha value is -0.138. The SMILES string of the molecule is O=C(O)CCCCCCCCC(=O)O.[Pb]. The number of carboxylic acid groups (broad SMARTS) is 2. The molecule has 0 bridgehead atoms. The largest absolute Gasteiger partial charge is 0.481 e. The molecule has 4 nitrogen and oxygen atoms in total. The number of hydrogen-bond donors (Lipinski definition) is 2. The Bertz CT molecular complexity index is 162. The summed E-state index contributed by atoms with van der Waals surface area (Å²) in [6, 6.07) is 0. The second kappa shape index (κ2) is 11.9. The van der Waals surface area contributed by atoms with Crippen molar-refractivity contribution in [2.45, 2.75) is 51.4 Å². The van der Waals surface area contributed by atoms with E-state index in [1.54, 1.807) is 0 Å². The van der Waals surface area contributed by atoms with E-state index in [1.165, 1.54) is 0 Å². The standard InChI is InChI=1S/C10H18O4.Pb/c11-9(12)7-5-3-1-2-4-6-8-10(13)14;/h1-8H2,(H,11,12)(H,13,14);. The van der Waals surface area contributed by atoms with Gasteiger partial charge >= 0.3 is 11.9 Å². The quantitative estimate of drug-likeness (QED) is 0.451. The number of unbranched alkanes of at least 4 members (excludes halogenated alkanes) is 5. The van der Waals surface area contributed by atoms with E-state index in [1.807, 2.05) is 0 Å². The first-order valence-electron chi connectivity index (χ1n) is 5.06. The van der Waals surface area contributed by atoms with Crippen molar-refractivity contribution in [3.8, 4) is 0 Å². The van der Waals surface area contributed by atoms with Gasteiger partial charge in [-0.2, -0.15) is 0 Å². The molecule has 0 spiro atoms. The predicted octanol–water partition coefficient (Wildman–Crippen LogP) is 1.90. The second-order valence-corrected chi connectivity index (χ2v) is 3.41. The summed E-state index contributed by atoms with van der Waals surface area (Å²) < 4.78 is 0. The normalized spacial score (nSPS) is 9.33. The summed E-state index contributed by atoms with van der Waals surface area (Å²) in [6.07, 6.45) is 5.82. The van der Waals surface area contributed by atoms with Crippen LogP contribution < -0.4 is 0 Å². The van der Waals surface area contributed by atoms with Gasteiger partial charge in [-0.3, -0.25) is 9.59 Å². The molecule has 86 valence electrons. The van der Waals surface area contributed by atoms with Crippen LogP contribution >= 0.6 is 0 Å². The Labute approximate surface area is 110 Å². The van der Waals surface area contributed by atoms with Crippen LogP contribution in [0.1, 0.15) is 51.4 Å². The minimum absolute atomic E-state index is 0. The molecule has 0 aliphatic heterocycles. The van der Waals surface area contributed by atoms with Gasteiger partial charge in [0.2, 0.25) is 0 Å². The third-order valence-electron chi connectivity index (χ3n) is 2.03. The number of rotatable bonds is 9. The van der Waals surface area contributed by atoms with Gasteiger partial charge in [-0.15, -0.1) is 0 Å². The van der Waals surface area contributed by atoms with Gasteiger partial charge in [-0.25, -0.2) is 0 Å². The van der Waals surface area contributed by atoms with E-state index in [0.717, 1.165) is 38.5 Å². The molecule has 0 aromatic rings. The molecule has 0 saturated carbocycles. The van der Waals surface area contributed by atoms with Crippen molar-refractivity contribution in [3.63, 3.8) is 0 Å². The molecule has 0 unspecified atom stereocenters. The molecule has 0 amide bonds. The molecular weight excluding hydrogens is 391 g/mol. The smallest absolute Gasteiger partial charge is 0.303 e. The molecule has 0 aromatic heterocycles. The molecule has 0 saturated heterocycles. The van der Waals surface area contributed by atoms with E-state index >= 15 is 0 Å². The summed E-state index contributed by atoms with van der Waals surface area (Å²) >= 11 is 0. The third kappa shape index (κ3) is 16.5. The van der Waals surface area contributed by atoms with Gasteiger partial charge < -0.3 is 10.2 Å². The maximum atomic E-state index is 10.1. The fourth-order valence-electron chi connectivity index (χ4n) is 1.26. The number of hydrogen-bond acceptors (Lipinski definition) is 2. The zero-order valence-electron chi connectivity index (χ0n) is 8.87. The Morgan fingerprint density at radius 2 is 0.933 bits per heavy atom. The minimum atomic E-state index is -0.740. The third-order valence-corrected chi connectivity index (χ3v) is 2.03. The van der Waals surface area contributed by atoms with Crippen molar-refractivity contribution < 1.29 is 19.8 Å². The first-order valence-corrected chi connectivity index (χ1v) is 5.06. The molecule has 0 rings (SSSR count). The van der Waals surface area contributed by atoms with E-state index in [0.29, 0.717) is 0 Å². The Morgan fingerprint density at radius 1 is 0.667 bits per heavy atom. The van der Waals surface area contributed by atoms with Crippen molar-refractivity contribution in [3.05, 3.63) is 0 Å². The van der Waals surface area contributed by atoms with Crippen LogP contribution in [0.5, 0.6) is 0 Å². The zero-order valence-corrected chi connectivity index (χ0v) is 12.8. The summed E-state index contributed by atoms with van der Waals surface area (Å²) in [5, 5.41) is 16.7. The van der Waals surface area contributed by atoms with E-state index in [2.05, 4.69) is 0 Å². The van der Waals surface area contributed by atoms with Crippen molar-refractivity contribution in [2.24, 2.45) is 0 Å². The first-order chi connectivity index (χ1) is 6.63. The predicted molar refractivity (Wildman–Crippen MR) is 58.0 cm³/mol. The molecule has 0 heterocycles. The maximum absolute atomic E-state index is 10.1. The van der Waals surface area contributed by atoms with E-state index in [9.17, 15) is 9.59 Å². The Morgan fingerprint density at radius 3 is 1.20 bits per heavy atom. The number of carboxylic acids is 2. The Kier molecular flexibility index (Phi) is 13.7. The zero-order chi connectivity index (χ0) is 10.8. The number of carbonyl (C=O) groups is 2. The summed E-state index contributed by atoms with van der Waals surface area (Å²) in [7, 11) is 0. The molecule has 4 radical (unpaired) electrons. The molecule has 0 fully saturated rings. The topological polar surface area (TPSA) is 74.6 Å². The summed E-state index contributed by atoms with van der Waals surface area (Å²) in [4.78, 5) is 20.3. The van der Waals surface area contributed by atoms with Crippen LogP contribution in [0.15, 0.2) is 0 Å². The fraction of sp³-hybridized carbons (Fsp3) is 0.800. The van der Waals surface area contributed by atoms with E-state index in [4.69, 9.17) is 10.2 Å². The molecule has 0 aromatic carbocycles. The van der Waals surface area contributed by atoms with Crippen LogP contribution in [0.3, 0.4) is 0 Å². The van der Waals surface area contributed by atoms with Crippen LogP contribution in [0.25, 0.3) is 0 Å². The van der Waals surface area contributed by atoms with Gasteiger partial charge in [0.1, 0.15) is 0 Å². The van der Waals surface area contributed by atoms with Gasteiger partial charge in [0, 0.05) is 40.1 Å². The maximum Gasteiger partial charge on any atom is 0.303 e. The van der Waals surface area contributed by atoms with Gasteiger partial charge in [0.15, 0.2) is 0 Å². The average Bonchev–Trinajstić information content (AvgIpc) is 2.08. The van der Waals surface area contributed by atoms with Crippen LogP contribution in [0, 0.1) is 0 Å². The summed E-state index contributed by atoms with van der Waals surface area (Å²) in [5.74, 6) is -1.48. The van der Waals surface area contributed by atoms with Crippen LogP contribution in [-0.2, 0) is 9.59 Å². The van der Waals surface area contributed by atoms with Crippen molar-refractivity contribution in [1.82, 2.24) is 0 Å².